The van der Waals surface area contributed by atoms with Crippen molar-refractivity contribution in [2.24, 2.45) is 5.92 Å². The molecule has 3 rings (SSSR count). The Kier molecular flexibility index (Phi) is 4.69. The Bertz CT molecular complexity index is 767. The molecule has 128 valence electrons. The van der Waals surface area contributed by atoms with Crippen LogP contribution >= 0.6 is 0 Å². The molecule has 2 aromatic rings. The number of nitrogens with zero attached hydrogens (tertiary/aromatic N) is 2. The lowest BCUT2D eigenvalue weighted by atomic mass is 9.86. The van der Waals surface area contributed by atoms with E-state index in [9.17, 15) is 9.59 Å². The van der Waals surface area contributed by atoms with Gasteiger partial charge in [0, 0.05) is 6.04 Å². The van der Waals surface area contributed by atoms with Crippen LogP contribution in [-0.2, 0) is 11.3 Å². The van der Waals surface area contributed by atoms with Crippen molar-refractivity contribution in [2.45, 2.75) is 45.2 Å². The molecule has 2 atom stereocenters. The fourth-order valence-electron chi connectivity index (χ4n) is 3.13. The third-order valence-corrected chi connectivity index (χ3v) is 4.53. The lowest BCUT2D eigenvalue weighted by Gasteiger charge is -2.29. The first-order valence-corrected chi connectivity index (χ1v) is 8.25. The highest BCUT2D eigenvalue weighted by molar-refractivity contribution is 5.76. The quantitative estimate of drug-likeness (QED) is 0.889. The maximum absolute atomic E-state index is 12.3. The summed E-state index contributed by atoms with van der Waals surface area (Å²) >= 11 is 0. The second kappa shape index (κ2) is 6.90. The van der Waals surface area contributed by atoms with Gasteiger partial charge in [0.05, 0.1) is 6.26 Å². The molecule has 24 heavy (non-hydrogen) atoms. The SMILES string of the molecule is C[C@@H]1CCCC[C@@H]1NC(=O)Cn1nc(-c2ccco2)cc(N)c1=O. The summed E-state index contributed by atoms with van der Waals surface area (Å²) in [6.07, 6.45) is 5.93. The first kappa shape index (κ1) is 16.3. The number of rotatable bonds is 4. The van der Waals surface area contributed by atoms with Gasteiger partial charge in [-0.15, -0.1) is 0 Å². The van der Waals surface area contributed by atoms with Crippen molar-refractivity contribution >= 4 is 11.6 Å². The molecule has 1 aliphatic rings. The zero-order valence-electron chi connectivity index (χ0n) is 13.7. The van der Waals surface area contributed by atoms with Crippen molar-refractivity contribution in [1.29, 1.82) is 0 Å². The molecule has 0 aromatic carbocycles. The van der Waals surface area contributed by atoms with Crippen molar-refractivity contribution in [3.63, 3.8) is 0 Å². The number of nitrogens with two attached hydrogens (primary N) is 1. The van der Waals surface area contributed by atoms with Crippen molar-refractivity contribution < 1.29 is 9.21 Å². The zero-order chi connectivity index (χ0) is 17.1. The molecule has 0 spiro atoms. The first-order chi connectivity index (χ1) is 11.5. The molecule has 7 nitrogen and oxygen atoms in total. The van der Waals surface area contributed by atoms with Gasteiger partial charge in [0.15, 0.2) is 5.76 Å². The molecular formula is C17H22N4O3. The van der Waals surface area contributed by atoms with Crippen LogP contribution in [0.2, 0.25) is 0 Å². The van der Waals surface area contributed by atoms with E-state index in [1.165, 1.54) is 18.8 Å². The Labute approximate surface area is 139 Å². The fourth-order valence-corrected chi connectivity index (χ4v) is 3.13. The summed E-state index contributed by atoms with van der Waals surface area (Å²) in [6, 6.07) is 5.06. The summed E-state index contributed by atoms with van der Waals surface area (Å²) in [6.45, 7) is 1.99. The molecule has 1 fully saturated rings. The third-order valence-electron chi connectivity index (χ3n) is 4.53. The van der Waals surface area contributed by atoms with Crippen LogP contribution < -0.4 is 16.6 Å². The minimum atomic E-state index is -0.475. The van der Waals surface area contributed by atoms with Crippen molar-refractivity contribution in [3.05, 3.63) is 34.8 Å². The van der Waals surface area contributed by atoms with E-state index in [2.05, 4.69) is 17.3 Å². The van der Waals surface area contributed by atoms with Crippen LogP contribution in [0.15, 0.2) is 33.7 Å². The molecular weight excluding hydrogens is 308 g/mol. The third kappa shape index (κ3) is 3.50. The molecule has 0 aliphatic heterocycles. The molecule has 3 N–H and O–H groups in total. The molecule has 7 heteroatoms. The Morgan fingerprint density at radius 3 is 2.96 bits per heavy atom. The van der Waals surface area contributed by atoms with Gasteiger partial charge in [-0.25, -0.2) is 4.68 Å². The van der Waals surface area contributed by atoms with Gasteiger partial charge in [-0.05, 0) is 37.0 Å². The summed E-state index contributed by atoms with van der Waals surface area (Å²) in [5, 5.41) is 7.21. The Hall–Kier alpha value is -2.57. The van der Waals surface area contributed by atoms with Crippen LogP contribution in [0.3, 0.4) is 0 Å². The van der Waals surface area contributed by atoms with E-state index < -0.39 is 5.56 Å². The first-order valence-electron chi connectivity index (χ1n) is 8.25. The molecule has 2 heterocycles. The van der Waals surface area contributed by atoms with Gasteiger partial charge < -0.3 is 15.5 Å². The van der Waals surface area contributed by atoms with Crippen LogP contribution in [0.5, 0.6) is 0 Å². The van der Waals surface area contributed by atoms with Gasteiger partial charge >= 0.3 is 0 Å². The number of carbonyl (C=O) groups is 1. The van der Waals surface area contributed by atoms with Crippen LogP contribution in [-0.4, -0.2) is 21.7 Å². The minimum Gasteiger partial charge on any atom is -0.463 e. The highest BCUT2D eigenvalue weighted by Gasteiger charge is 2.23. The highest BCUT2D eigenvalue weighted by atomic mass is 16.3. The van der Waals surface area contributed by atoms with Gasteiger partial charge in [0.1, 0.15) is 17.9 Å². The van der Waals surface area contributed by atoms with Gasteiger partial charge in [0.2, 0.25) is 5.91 Å². The zero-order valence-corrected chi connectivity index (χ0v) is 13.7. The normalized spacial score (nSPS) is 20.7. The number of hydrogen-bond donors (Lipinski definition) is 2. The van der Waals surface area contributed by atoms with Crippen LogP contribution in [0.4, 0.5) is 5.69 Å². The summed E-state index contributed by atoms with van der Waals surface area (Å²) in [7, 11) is 0. The largest absolute Gasteiger partial charge is 0.463 e. The smallest absolute Gasteiger partial charge is 0.290 e. The second-order valence-electron chi connectivity index (χ2n) is 6.36. The van der Waals surface area contributed by atoms with Crippen LogP contribution in [0.25, 0.3) is 11.5 Å². The van der Waals surface area contributed by atoms with Gasteiger partial charge in [-0.3, -0.25) is 9.59 Å². The maximum atomic E-state index is 12.3. The van der Waals surface area contributed by atoms with Crippen LogP contribution in [0.1, 0.15) is 32.6 Å². The highest BCUT2D eigenvalue weighted by Crippen LogP contribution is 2.23. The van der Waals surface area contributed by atoms with E-state index in [-0.39, 0.29) is 24.2 Å². The molecule has 1 aliphatic carbocycles. The summed E-state index contributed by atoms with van der Waals surface area (Å²) in [5.41, 5.74) is 5.75. The van der Waals surface area contributed by atoms with Gasteiger partial charge in [-0.1, -0.05) is 19.8 Å². The molecule has 0 unspecified atom stereocenters. The number of amides is 1. The van der Waals surface area contributed by atoms with Crippen molar-refractivity contribution in [2.75, 3.05) is 5.73 Å². The summed E-state index contributed by atoms with van der Waals surface area (Å²) in [5.74, 6) is 0.725. The number of hydrogen-bond acceptors (Lipinski definition) is 5. The lowest BCUT2D eigenvalue weighted by Crippen LogP contribution is -2.44. The predicted molar refractivity (Wildman–Crippen MR) is 90.2 cm³/mol. The van der Waals surface area contributed by atoms with E-state index in [1.807, 2.05) is 0 Å². The topological polar surface area (TPSA) is 103 Å². The molecule has 0 bridgehead atoms. The standard InChI is InChI=1S/C17H22N4O3/c1-11-5-2-3-6-13(11)19-16(22)10-21-17(23)12(18)9-14(20-21)15-7-4-8-24-15/h4,7-9,11,13H,2-3,5-6,10,18H2,1H3,(H,19,22)/t11-,13+/m1/s1. The maximum Gasteiger partial charge on any atom is 0.290 e. The van der Waals surface area contributed by atoms with Crippen molar-refractivity contribution in [3.8, 4) is 11.5 Å². The van der Waals surface area contributed by atoms with E-state index in [1.54, 1.807) is 12.1 Å². The van der Waals surface area contributed by atoms with Crippen molar-refractivity contribution in [1.82, 2.24) is 15.1 Å². The number of anilines is 1. The van der Waals surface area contributed by atoms with E-state index in [0.29, 0.717) is 17.4 Å². The van der Waals surface area contributed by atoms with E-state index >= 15 is 0 Å². The Balaban J connectivity index is 1.76. The Morgan fingerprint density at radius 2 is 2.25 bits per heavy atom. The monoisotopic (exact) mass is 330 g/mol. The number of nitrogens with one attached hydrogen (secondary N) is 1. The number of furan rings is 1. The fraction of sp³-hybridized carbons (Fsp3) is 0.471. The second-order valence-corrected chi connectivity index (χ2v) is 6.36. The summed E-state index contributed by atoms with van der Waals surface area (Å²) in [4.78, 5) is 24.5. The van der Waals surface area contributed by atoms with E-state index in [4.69, 9.17) is 10.2 Å². The number of carbonyl (C=O) groups excluding carboxylic acids is 1. The van der Waals surface area contributed by atoms with Gasteiger partial charge in [0.25, 0.3) is 5.56 Å². The molecule has 1 amide bonds. The predicted octanol–water partition coefficient (Wildman–Crippen LogP) is 1.78. The average molecular weight is 330 g/mol. The molecule has 1 saturated carbocycles. The number of aromatic nitrogens is 2. The Morgan fingerprint density at radius 1 is 1.46 bits per heavy atom. The molecule has 2 aromatic heterocycles. The van der Waals surface area contributed by atoms with Gasteiger partial charge in [-0.2, -0.15) is 5.10 Å². The molecule has 0 saturated heterocycles. The van der Waals surface area contributed by atoms with Crippen LogP contribution in [0, 0.1) is 5.92 Å². The number of nitrogen functional groups attached to an aromatic ring is 1. The minimum absolute atomic E-state index is 0.0373. The molecule has 0 radical (unpaired) electrons. The lowest BCUT2D eigenvalue weighted by molar-refractivity contribution is -0.123. The summed E-state index contributed by atoms with van der Waals surface area (Å²) < 4.78 is 6.37. The average Bonchev–Trinajstić information content (AvgIpc) is 3.08. The van der Waals surface area contributed by atoms with E-state index in [0.717, 1.165) is 23.9 Å².